The van der Waals surface area contributed by atoms with Crippen LogP contribution in [0.25, 0.3) is 185 Å². The summed E-state index contributed by atoms with van der Waals surface area (Å²) in [7, 11) is 0. The highest BCUT2D eigenvalue weighted by Crippen LogP contribution is 2.46. The zero-order valence-corrected chi connectivity index (χ0v) is 51.0. The predicted molar refractivity (Wildman–Crippen MR) is 388 cm³/mol. The van der Waals surface area contributed by atoms with E-state index in [4.69, 9.17) is 19.9 Å². The third kappa shape index (κ3) is 8.46. The molecule has 428 valence electrons. The van der Waals surface area contributed by atoms with Crippen LogP contribution in [0.5, 0.6) is 0 Å². The molecule has 7 heterocycles. The number of fused-ring (bicyclic) bond motifs is 14. The number of rotatable bonds is 9. The number of pyridine rings is 2. The molecule has 0 atom stereocenters. The molecule has 92 heavy (non-hydrogen) atoms. The molecule has 0 bridgehead atoms. The second-order valence-electron chi connectivity index (χ2n) is 23.7. The van der Waals surface area contributed by atoms with Crippen molar-refractivity contribution in [2.45, 2.75) is 0 Å². The van der Waals surface area contributed by atoms with Crippen LogP contribution >= 0.6 is 22.7 Å². The molecule has 0 fully saturated rings. The van der Waals surface area contributed by atoms with Gasteiger partial charge in [-0.1, -0.05) is 206 Å². The maximum Gasteiger partial charge on any atom is 0.235 e. The van der Waals surface area contributed by atoms with Crippen LogP contribution in [0, 0.1) is 0 Å². The summed E-state index contributed by atoms with van der Waals surface area (Å²) < 4.78 is 9.72. The molecule has 0 spiro atoms. The van der Waals surface area contributed by atoms with Crippen LogP contribution in [-0.2, 0) is 0 Å². The van der Waals surface area contributed by atoms with Gasteiger partial charge in [0.05, 0.1) is 56.0 Å². The minimum Gasteiger partial charge on any atom is -0.305 e. The first-order chi connectivity index (χ1) is 45.6. The Bertz CT molecular complexity index is 6200. The Morgan fingerprint density at radius 3 is 1.39 bits per heavy atom. The molecule has 0 amide bonds. The van der Waals surface area contributed by atoms with Gasteiger partial charge in [-0.15, -0.1) is 22.7 Å². The highest BCUT2D eigenvalue weighted by molar-refractivity contribution is 7.26. The lowest BCUT2D eigenvalue weighted by atomic mass is 9.98. The lowest BCUT2D eigenvalue weighted by molar-refractivity contribution is 0.995. The number of benzene rings is 12. The summed E-state index contributed by atoms with van der Waals surface area (Å²) in [6.07, 6.45) is 1.96. The summed E-state index contributed by atoms with van der Waals surface area (Å²) in [5.74, 6) is 0.584. The molecule has 19 rings (SSSR count). The average Bonchev–Trinajstić information content (AvgIpc) is 1.55. The lowest BCUT2D eigenvalue weighted by Crippen LogP contribution is -2.05. The van der Waals surface area contributed by atoms with Gasteiger partial charge in [0.25, 0.3) is 0 Å². The first-order valence-corrected chi connectivity index (χ1v) is 32.6. The van der Waals surface area contributed by atoms with Crippen molar-refractivity contribution in [1.82, 2.24) is 29.1 Å². The molecule has 7 aromatic heterocycles. The topological polar surface area (TPSA) is 61.4 Å². The van der Waals surface area contributed by atoms with E-state index in [-0.39, 0.29) is 0 Å². The summed E-state index contributed by atoms with van der Waals surface area (Å²) >= 11 is 3.66. The average molecular weight is 1210 g/mol. The molecule has 0 saturated heterocycles. The molecule has 0 N–H and O–H groups in total. The largest absolute Gasteiger partial charge is 0.305 e. The first-order valence-electron chi connectivity index (χ1n) is 31.0. The fraction of sp³-hybridized carbons (Fsp3) is 0. The minimum atomic E-state index is 0.584. The van der Waals surface area contributed by atoms with Crippen LogP contribution in [0.2, 0.25) is 0 Å². The van der Waals surface area contributed by atoms with Crippen molar-refractivity contribution in [2.75, 3.05) is 0 Å². The number of thiophene rings is 2. The number of hydrogen-bond donors (Lipinski definition) is 0. The van der Waals surface area contributed by atoms with E-state index in [9.17, 15) is 0 Å². The minimum absolute atomic E-state index is 0.584. The SMILES string of the molecule is c1ccc(-c2ccc3sc4cc(-c5cc(-c6ccc7sc8ccc(-c9ccccc9)cc8c7c6)nc(-n6c7ccccc7c7ccc8c9ccccc9n(-c9cccc%10c(-c%11cccc(-c%12cccc(-c%13ccccc%13)n%12)c%11)ccnc9%10)c8c76)n5)ccc4c3c2)cc1. The molecule has 8 heteroatoms. The first kappa shape index (κ1) is 52.3. The normalized spacial score (nSPS) is 11.9. The number of nitrogens with zero attached hydrogens (tertiary/aromatic N) is 6. The van der Waals surface area contributed by atoms with Gasteiger partial charge < -0.3 is 4.57 Å². The van der Waals surface area contributed by atoms with Crippen molar-refractivity contribution < 1.29 is 0 Å². The molecule has 0 unspecified atom stereocenters. The van der Waals surface area contributed by atoms with Gasteiger partial charge in [0.15, 0.2) is 0 Å². The van der Waals surface area contributed by atoms with E-state index >= 15 is 0 Å². The van der Waals surface area contributed by atoms with Crippen LogP contribution in [0.1, 0.15) is 0 Å². The third-order valence-electron chi connectivity index (χ3n) is 18.4. The molecule has 0 aliphatic heterocycles. The van der Waals surface area contributed by atoms with Crippen LogP contribution in [0.3, 0.4) is 0 Å². The maximum absolute atomic E-state index is 5.78. The van der Waals surface area contributed by atoms with E-state index in [1.165, 1.54) is 62.6 Å². The fourth-order valence-corrected chi connectivity index (χ4v) is 16.3. The van der Waals surface area contributed by atoms with Crippen LogP contribution in [-0.4, -0.2) is 29.1 Å². The van der Waals surface area contributed by atoms with Crippen molar-refractivity contribution in [3.05, 3.63) is 303 Å². The Labute approximate surface area is 536 Å². The summed E-state index contributed by atoms with van der Waals surface area (Å²) in [4.78, 5) is 22.0. The fourth-order valence-electron chi connectivity index (χ4n) is 14.1. The molecule has 0 aliphatic carbocycles. The van der Waals surface area contributed by atoms with E-state index in [0.717, 1.165) is 116 Å². The highest BCUT2D eigenvalue weighted by atomic mass is 32.1. The lowest BCUT2D eigenvalue weighted by Gasteiger charge is -2.16. The van der Waals surface area contributed by atoms with Crippen molar-refractivity contribution >= 4 is 118 Å². The standard InChI is InChI=1S/C84H50N6S2/c1-4-17-51(18-5-1)54-34-40-77-67(46-54)63-37-33-59(49-80(63)92-77)73-50-72(58-36-42-79-69(48-58)68-47-55(35-41-78(68)91-79)52-19-6-2-7-20-52)87-84(88-73)90-75-31-13-11-26-62(75)66-39-38-65-61-25-10-12-30-74(61)89(82(65)83(66)90)76-32-15-27-64-60(43-44-85-81(64)76)56-23-14-24-57(45-56)71-29-16-28-70(86-71)53-21-8-3-9-22-53/h1-50H. The van der Waals surface area contributed by atoms with E-state index < -0.39 is 0 Å². The Hall–Kier alpha value is -11.7. The second-order valence-corrected chi connectivity index (χ2v) is 25.8. The zero-order valence-electron chi connectivity index (χ0n) is 49.4. The van der Waals surface area contributed by atoms with Gasteiger partial charge in [0.1, 0.15) is 0 Å². The molecular formula is C84H50N6S2. The van der Waals surface area contributed by atoms with Gasteiger partial charge in [-0.25, -0.2) is 15.0 Å². The summed E-state index contributed by atoms with van der Waals surface area (Å²) in [6.45, 7) is 0. The monoisotopic (exact) mass is 1210 g/mol. The Balaban J connectivity index is 0.833. The van der Waals surface area contributed by atoms with E-state index in [2.05, 4.69) is 300 Å². The number of hydrogen-bond acceptors (Lipinski definition) is 6. The molecule has 12 aromatic carbocycles. The van der Waals surface area contributed by atoms with Gasteiger partial charge in [0.2, 0.25) is 5.95 Å². The Morgan fingerprint density at radius 1 is 0.250 bits per heavy atom. The Morgan fingerprint density at radius 2 is 0.717 bits per heavy atom. The van der Waals surface area contributed by atoms with Crippen LogP contribution in [0.15, 0.2) is 303 Å². The number of para-hydroxylation sites is 3. The molecule has 6 nitrogen and oxygen atoms in total. The van der Waals surface area contributed by atoms with E-state index in [1.807, 2.05) is 34.9 Å². The van der Waals surface area contributed by atoms with Crippen LogP contribution < -0.4 is 0 Å². The number of aromatic nitrogens is 6. The van der Waals surface area contributed by atoms with Crippen molar-refractivity contribution in [3.8, 4) is 90.0 Å². The van der Waals surface area contributed by atoms with Gasteiger partial charge in [-0.3, -0.25) is 9.55 Å². The third-order valence-corrected chi connectivity index (χ3v) is 20.7. The molecule has 0 aliphatic rings. The van der Waals surface area contributed by atoms with Gasteiger partial charge in [-0.05, 0) is 124 Å². The maximum atomic E-state index is 5.78. The van der Waals surface area contributed by atoms with Gasteiger partial charge >= 0.3 is 0 Å². The predicted octanol–water partition coefficient (Wildman–Crippen LogP) is 23.0. The van der Waals surface area contributed by atoms with Crippen molar-refractivity contribution in [1.29, 1.82) is 0 Å². The Kier molecular flexibility index (Phi) is 11.9. The summed E-state index contributed by atoms with van der Waals surface area (Å²) in [5.41, 5.74) is 20.7. The van der Waals surface area contributed by atoms with Crippen molar-refractivity contribution in [3.63, 3.8) is 0 Å². The van der Waals surface area contributed by atoms with Crippen molar-refractivity contribution in [2.24, 2.45) is 0 Å². The molecule has 0 saturated carbocycles. The van der Waals surface area contributed by atoms with Gasteiger partial charge in [-0.2, -0.15) is 0 Å². The molecule has 0 radical (unpaired) electrons. The van der Waals surface area contributed by atoms with E-state index in [0.29, 0.717) is 5.95 Å². The summed E-state index contributed by atoms with van der Waals surface area (Å²) in [6, 6.07) is 107. The van der Waals surface area contributed by atoms with E-state index in [1.54, 1.807) is 0 Å². The smallest absolute Gasteiger partial charge is 0.235 e. The second kappa shape index (κ2) is 21.0. The molecular weight excluding hydrogens is 1160 g/mol. The highest BCUT2D eigenvalue weighted by Gasteiger charge is 2.25. The quantitative estimate of drug-likeness (QED) is 0.144. The zero-order chi connectivity index (χ0) is 60.4. The molecule has 19 aromatic rings. The summed E-state index contributed by atoms with van der Waals surface area (Å²) in [5, 5.41) is 10.4. The van der Waals surface area contributed by atoms with Crippen LogP contribution in [0.4, 0.5) is 0 Å². The van der Waals surface area contributed by atoms with Gasteiger partial charge in [0, 0.05) is 95.7 Å².